The molecule has 0 spiro atoms. The zero-order chi connectivity index (χ0) is 18.8. The first-order valence-corrected chi connectivity index (χ1v) is 8.94. The van der Waals surface area contributed by atoms with E-state index in [9.17, 15) is 14.7 Å². The first-order chi connectivity index (χ1) is 12.4. The molecule has 138 valence electrons. The van der Waals surface area contributed by atoms with Crippen LogP contribution in [0, 0.1) is 0 Å². The number of halogens is 1. The van der Waals surface area contributed by atoms with Crippen molar-refractivity contribution in [2.24, 2.45) is 7.05 Å². The minimum atomic E-state index is -0.870. The Hall–Kier alpha value is -2.39. The second-order valence-corrected chi connectivity index (χ2v) is 6.66. The van der Waals surface area contributed by atoms with Gasteiger partial charge in [-0.05, 0) is 40.0 Å². The molecule has 9 heteroatoms. The Labute approximate surface area is 157 Å². The lowest BCUT2D eigenvalue weighted by molar-refractivity contribution is 0.0928. The molecular formula is C17H19BrN4O4. The Kier molecular flexibility index (Phi) is 5.28. The van der Waals surface area contributed by atoms with Crippen molar-refractivity contribution in [3.05, 3.63) is 55.4 Å². The molecule has 2 aromatic heterocycles. The van der Waals surface area contributed by atoms with Crippen molar-refractivity contribution in [3.8, 4) is 5.75 Å². The Morgan fingerprint density at radius 3 is 2.88 bits per heavy atom. The normalized spacial score (nSPS) is 12.5. The van der Waals surface area contributed by atoms with E-state index in [1.165, 1.54) is 16.2 Å². The molecule has 0 unspecified atom stereocenters. The number of hydrogen-bond donors (Lipinski definition) is 2. The Morgan fingerprint density at radius 2 is 2.15 bits per heavy atom. The number of aliphatic hydroxyl groups is 1. The van der Waals surface area contributed by atoms with Gasteiger partial charge in [0, 0.05) is 7.05 Å². The van der Waals surface area contributed by atoms with E-state index in [1.54, 1.807) is 0 Å². The molecule has 2 heterocycles. The van der Waals surface area contributed by atoms with E-state index in [1.807, 2.05) is 24.3 Å². The summed E-state index contributed by atoms with van der Waals surface area (Å²) in [6.07, 6.45) is 0.0282. The molecule has 3 aromatic rings. The van der Waals surface area contributed by atoms with Gasteiger partial charge >= 0.3 is 5.69 Å². The minimum Gasteiger partial charge on any atom is -0.491 e. The van der Waals surface area contributed by atoms with Crippen LogP contribution in [0.4, 0.5) is 0 Å². The Morgan fingerprint density at radius 1 is 1.38 bits per heavy atom. The molecule has 1 aromatic carbocycles. The summed E-state index contributed by atoms with van der Waals surface area (Å²) in [5, 5.41) is 10.3. The van der Waals surface area contributed by atoms with Gasteiger partial charge in [0.15, 0.2) is 15.9 Å². The Bertz CT molecular complexity index is 1050. The van der Waals surface area contributed by atoms with Crippen LogP contribution in [0.1, 0.15) is 12.5 Å². The first-order valence-electron chi connectivity index (χ1n) is 8.15. The van der Waals surface area contributed by atoms with Crippen LogP contribution in [-0.4, -0.2) is 36.9 Å². The molecule has 0 fully saturated rings. The van der Waals surface area contributed by atoms with Crippen LogP contribution in [0.3, 0.4) is 0 Å². The van der Waals surface area contributed by atoms with Gasteiger partial charge in [-0.25, -0.2) is 9.78 Å². The van der Waals surface area contributed by atoms with Gasteiger partial charge in [0.05, 0.1) is 6.54 Å². The lowest BCUT2D eigenvalue weighted by atomic mass is 10.2. The summed E-state index contributed by atoms with van der Waals surface area (Å²) >= 11 is 3.28. The molecule has 3 rings (SSSR count). The van der Waals surface area contributed by atoms with Crippen LogP contribution >= 0.6 is 15.9 Å². The Balaban J connectivity index is 1.80. The third-order valence-corrected chi connectivity index (χ3v) is 4.71. The van der Waals surface area contributed by atoms with E-state index in [0.29, 0.717) is 10.5 Å². The maximum absolute atomic E-state index is 12.2. The highest BCUT2D eigenvalue weighted by atomic mass is 79.9. The second kappa shape index (κ2) is 7.46. The van der Waals surface area contributed by atoms with Gasteiger partial charge in [-0.3, -0.25) is 14.3 Å². The quantitative estimate of drug-likeness (QED) is 0.580. The smallest absolute Gasteiger partial charge is 0.329 e. The van der Waals surface area contributed by atoms with Crippen molar-refractivity contribution >= 4 is 27.1 Å². The summed E-state index contributed by atoms with van der Waals surface area (Å²) < 4.78 is 8.76. The summed E-state index contributed by atoms with van der Waals surface area (Å²) in [5.74, 6) is 0.679. The fourth-order valence-corrected chi connectivity index (χ4v) is 3.18. The summed E-state index contributed by atoms with van der Waals surface area (Å²) in [6.45, 7) is 2.20. The SMILES string of the molecule is CCc1cccc(OC[C@@H](O)Cn2c(Br)nc3c2c(=O)[nH]c(=O)n3C)c1. The molecule has 26 heavy (non-hydrogen) atoms. The molecule has 0 saturated heterocycles. The van der Waals surface area contributed by atoms with Gasteiger partial charge in [0.1, 0.15) is 18.5 Å². The molecular weight excluding hydrogens is 404 g/mol. The monoisotopic (exact) mass is 422 g/mol. The third kappa shape index (κ3) is 3.58. The number of aromatic nitrogens is 4. The minimum absolute atomic E-state index is 0.0585. The van der Waals surface area contributed by atoms with E-state index in [4.69, 9.17) is 4.74 Å². The average Bonchev–Trinajstić information content (AvgIpc) is 2.95. The van der Waals surface area contributed by atoms with Crippen LogP contribution in [-0.2, 0) is 20.0 Å². The number of imidazole rings is 1. The lowest BCUT2D eigenvalue weighted by Crippen LogP contribution is -2.30. The molecule has 0 radical (unpaired) electrons. The number of aryl methyl sites for hydroxylation is 2. The third-order valence-electron chi connectivity index (χ3n) is 4.10. The summed E-state index contributed by atoms with van der Waals surface area (Å²) in [5.41, 5.74) is 0.512. The van der Waals surface area contributed by atoms with Gasteiger partial charge in [0.25, 0.3) is 5.56 Å². The van der Waals surface area contributed by atoms with E-state index >= 15 is 0 Å². The van der Waals surface area contributed by atoms with Gasteiger partial charge in [0.2, 0.25) is 0 Å². The molecule has 0 aliphatic heterocycles. The van der Waals surface area contributed by atoms with Gasteiger partial charge in [-0.2, -0.15) is 0 Å². The first kappa shape index (κ1) is 18.4. The average molecular weight is 423 g/mol. The molecule has 2 N–H and O–H groups in total. The molecule has 8 nitrogen and oxygen atoms in total. The number of ether oxygens (including phenoxy) is 1. The van der Waals surface area contributed by atoms with E-state index < -0.39 is 17.4 Å². The standard InChI is InChI=1S/C17H19BrN4O4/c1-3-10-5-4-6-12(7-10)26-9-11(23)8-22-13-14(19-16(22)18)21(2)17(25)20-15(13)24/h4-7,11,23H,3,8-9H2,1-2H3,(H,20,24,25)/t11-/m0/s1. The van der Waals surface area contributed by atoms with E-state index in [-0.39, 0.29) is 24.3 Å². The van der Waals surface area contributed by atoms with Crippen molar-refractivity contribution in [2.45, 2.75) is 26.0 Å². The number of fused-ring (bicyclic) bond motifs is 1. The fraction of sp³-hybridized carbons (Fsp3) is 0.353. The fourth-order valence-electron chi connectivity index (χ4n) is 2.69. The number of H-pyrrole nitrogens is 1. The second-order valence-electron chi connectivity index (χ2n) is 5.95. The number of nitrogens with zero attached hydrogens (tertiary/aromatic N) is 3. The highest BCUT2D eigenvalue weighted by molar-refractivity contribution is 9.10. The largest absolute Gasteiger partial charge is 0.491 e. The van der Waals surface area contributed by atoms with Crippen LogP contribution in [0.25, 0.3) is 11.2 Å². The van der Waals surface area contributed by atoms with Crippen LogP contribution in [0.15, 0.2) is 38.6 Å². The molecule has 1 atom stereocenters. The zero-order valence-electron chi connectivity index (χ0n) is 14.4. The molecule has 0 aliphatic rings. The molecule has 0 saturated carbocycles. The van der Waals surface area contributed by atoms with Gasteiger partial charge in [-0.1, -0.05) is 19.1 Å². The number of benzene rings is 1. The van der Waals surface area contributed by atoms with Crippen LogP contribution < -0.4 is 16.0 Å². The zero-order valence-corrected chi connectivity index (χ0v) is 16.0. The lowest BCUT2D eigenvalue weighted by Gasteiger charge is -2.14. The predicted octanol–water partition coefficient (Wildman–Crippen LogP) is 1.19. The van der Waals surface area contributed by atoms with Crippen molar-refractivity contribution in [2.75, 3.05) is 6.61 Å². The maximum atomic E-state index is 12.2. The highest BCUT2D eigenvalue weighted by Crippen LogP contribution is 2.18. The van der Waals surface area contributed by atoms with Crippen molar-refractivity contribution in [3.63, 3.8) is 0 Å². The highest BCUT2D eigenvalue weighted by Gasteiger charge is 2.18. The van der Waals surface area contributed by atoms with Crippen molar-refractivity contribution in [1.82, 2.24) is 19.1 Å². The molecule has 0 amide bonds. The molecule has 0 bridgehead atoms. The van der Waals surface area contributed by atoms with Crippen LogP contribution in [0.2, 0.25) is 0 Å². The number of hydrogen-bond acceptors (Lipinski definition) is 5. The topological polar surface area (TPSA) is 102 Å². The summed E-state index contributed by atoms with van der Waals surface area (Å²) in [6, 6.07) is 7.67. The van der Waals surface area contributed by atoms with Crippen molar-refractivity contribution < 1.29 is 9.84 Å². The predicted molar refractivity (Wildman–Crippen MR) is 101 cm³/mol. The molecule has 0 aliphatic carbocycles. The number of aliphatic hydroxyl groups excluding tert-OH is 1. The van der Waals surface area contributed by atoms with E-state index in [2.05, 4.69) is 32.8 Å². The van der Waals surface area contributed by atoms with Crippen LogP contribution in [0.5, 0.6) is 5.75 Å². The van der Waals surface area contributed by atoms with Gasteiger partial charge < -0.3 is 14.4 Å². The number of aromatic amines is 1. The number of rotatable bonds is 6. The van der Waals surface area contributed by atoms with Gasteiger partial charge in [-0.15, -0.1) is 0 Å². The van der Waals surface area contributed by atoms with E-state index in [0.717, 1.165) is 12.0 Å². The van der Waals surface area contributed by atoms with Crippen molar-refractivity contribution in [1.29, 1.82) is 0 Å². The summed E-state index contributed by atoms with van der Waals surface area (Å²) in [4.78, 5) is 30.3. The maximum Gasteiger partial charge on any atom is 0.329 e. The number of nitrogens with one attached hydrogen (secondary N) is 1. The summed E-state index contributed by atoms with van der Waals surface area (Å²) in [7, 11) is 1.52.